The van der Waals surface area contributed by atoms with Crippen molar-refractivity contribution in [3.63, 3.8) is 0 Å². The van der Waals surface area contributed by atoms with Crippen LogP contribution in [0.25, 0.3) is 0 Å². The second kappa shape index (κ2) is 26.4. The van der Waals surface area contributed by atoms with Crippen molar-refractivity contribution >= 4 is 35.3 Å². The molecule has 0 fully saturated rings. The lowest BCUT2D eigenvalue weighted by Gasteiger charge is -2.36. The first-order valence-electron chi connectivity index (χ1n) is 24.0. The summed E-state index contributed by atoms with van der Waals surface area (Å²) in [5.41, 5.74) is 4.73. The fourth-order valence-corrected chi connectivity index (χ4v) is 7.79. The summed E-state index contributed by atoms with van der Waals surface area (Å²) in [6.07, 6.45) is 7.09. The van der Waals surface area contributed by atoms with Gasteiger partial charge in [0.15, 0.2) is 0 Å². The number of hydrogen-bond donors (Lipinski definition) is 2. The van der Waals surface area contributed by atoms with E-state index in [0.717, 1.165) is 72.3 Å². The summed E-state index contributed by atoms with van der Waals surface area (Å²) in [7, 11) is 3.31. The number of aryl methyl sites for hydroxylation is 2. The van der Waals surface area contributed by atoms with Crippen molar-refractivity contribution in [2.24, 2.45) is 10.8 Å². The number of ketones is 2. The number of fused-ring (bicyclic) bond motifs is 2. The number of Topliss-reactive ketones (excluding diaryl/α,β-unsaturated/α-hetero) is 2. The summed E-state index contributed by atoms with van der Waals surface area (Å²) in [6, 6.07) is 29.4. The number of esters is 1. The Labute approximate surface area is 408 Å². The highest BCUT2D eigenvalue weighted by atomic mass is 16.5. The van der Waals surface area contributed by atoms with Crippen molar-refractivity contribution in [3.8, 4) is 11.5 Å². The molecule has 13 nitrogen and oxygen atoms in total. The summed E-state index contributed by atoms with van der Waals surface area (Å²) in [6.45, 7) is 11.6. The van der Waals surface area contributed by atoms with Gasteiger partial charge in [-0.2, -0.15) is 0 Å². The van der Waals surface area contributed by atoms with Crippen LogP contribution in [0.5, 0.6) is 11.5 Å². The van der Waals surface area contributed by atoms with E-state index in [1.807, 2.05) is 98.8 Å². The molecule has 0 radical (unpaired) electrons. The molecule has 13 heteroatoms. The molecule has 0 aliphatic carbocycles. The monoisotopic (exact) mass is 949 g/mol. The number of carboxylic acid groups (broad SMARTS) is 1. The molecule has 2 heterocycles. The Balaban J connectivity index is 0.000000252. The van der Waals surface area contributed by atoms with E-state index in [0.29, 0.717) is 19.3 Å². The minimum atomic E-state index is -1.08. The summed E-state index contributed by atoms with van der Waals surface area (Å²) in [4.78, 5) is 78.1. The molecular weight excluding hydrogens is 877 g/mol. The zero-order chi connectivity index (χ0) is 50.7. The van der Waals surface area contributed by atoms with Gasteiger partial charge in [0.1, 0.15) is 23.6 Å². The SMILES string of the molecule is CCC(C)(C)C(=O)C(=O)N1Cc2ccccc2CC1C(=O)O.CCC(C)(C)C(=O)C(=O)N1Cc2ccccc2CC1C(=O)OCCCCc1ccc(OC)cc1.COc1ccc(CCCCO)cc1. The zero-order valence-corrected chi connectivity index (χ0v) is 41.8. The number of carbonyl (C=O) groups is 6. The molecule has 4 aromatic carbocycles. The summed E-state index contributed by atoms with van der Waals surface area (Å²) in [5, 5.41) is 18.0. The summed E-state index contributed by atoms with van der Waals surface area (Å²) in [5.74, 6) is -2.11. The van der Waals surface area contributed by atoms with Crippen LogP contribution in [0, 0.1) is 10.8 Å². The largest absolute Gasteiger partial charge is 0.497 e. The second-order valence-corrected chi connectivity index (χ2v) is 18.8. The van der Waals surface area contributed by atoms with E-state index < -0.39 is 58.2 Å². The van der Waals surface area contributed by atoms with Gasteiger partial charge in [0.2, 0.25) is 11.6 Å². The van der Waals surface area contributed by atoms with E-state index in [1.165, 1.54) is 20.9 Å². The van der Waals surface area contributed by atoms with Crippen molar-refractivity contribution < 1.29 is 53.2 Å². The number of nitrogens with zero attached hydrogens (tertiary/aromatic N) is 2. The molecule has 2 N–H and O–H groups in total. The van der Waals surface area contributed by atoms with Gasteiger partial charge in [0.25, 0.3) is 11.8 Å². The third-order valence-electron chi connectivity index (χ3n) is 13.3. The normalized spacial score (nSPS) is 15.1. The van der Waals surface area contributed by atoms with Gasteiger partial charge in [-0.25, -0.2) is 9.59 Å². The first-order chi connectivity index (χ1) is 32.9. The molecule has 0 bridgehead atoms. The van der Waals surface area contributed by atoms with Crippen LogP contribution >= 0.6 is 0 Å². The lowest BCUT2D eigenvalue weighted by atomic mass is 9.83. The number of unbranched alkanes of at least 4 members (excludes halogenated alkanes) is 2. The third kappa shape index (κ3) is 15.6. The molecular formula is C56H72N2O11. The zero-order valence-electron chi connectivity index (χ0n) is 41.8. The Morgan fingerprint density at radius 2 is 0.957 bits per heavy atom. The van der Waals surface area contributed by atoms with Gasteiger partial charge in [-0.15, -0.1) is 0 Å². The Morgan fingerprint density at radius 1 is 0.565 bits per heavy atom. The first kappa shape index (κ1) is 55.3. The van der Waals surface area contributed by atoms with E-state index in [4.69, 9.17) is 19.3 Å². The van der Waals surface area contributed by atoms with Gasteiger partial charge < -0.3 is 34.2 Å². The van der Waals surface area contributed by atoms with Crippen LogP contribution in [0.3, 0.4) is 0 Å². The quantitative estimate of drug-likeness (QED) is 0.0523. The molecule has 2 unspecified atom stereocenters. The number of amides is 2. The van der Waals surface area contributed by atoms with E-state index in [1.54, 1.807) is 41.9 Å². The van der Waals surface area contributed by atoms with Gasteiger partial charge in [0.05, 0.1) is 20.8 Å². The number of rotatable bonds is 19. The minimum absolute atomic E-state index is 0.164. The van der Waals surface area contributed by atoms with Crippen LogP contribution in [0.4, 0.5) is 0 Å². The molecule has 0 spiro atoms. The predicted octanol–water partition coefficient (Wildman–Crippen LogP) is 8.56. The van der Waals surface area contributed by atoms with E-state index >= 15 is 0 Å². The van der Waals surface area contributed by atoms with Crippen molar-refractivity contribution in [2.45, 2.75) is 131 Å². The maximum atomic E-state index is 13.2. The van der Waals surface area contributed by atoms with Gasteiger partial charge in [-0.3, -0.25) is 19.2 Å². The van der Waals surface area contributed by atoms with Crippen molar-refractivity contribution in [2.75, 3.05) is 27.4 Å². The van der Waals surface area contributed by atoms with Gasteiger partial charge in [-0.05, 0) is 109 Å². The second-order valence-electron chi connectivity index (χ2n) is 18.8. The van der Waals surface area contributed by atoms with Crippen molar-refractivity contribution in [3.05, 3.63) is 130 Å². The average molecular weight is 949 g/mol. The highest BCUT2D eigenvalue weighted by Crippen LogP contribution is 2.30. The molecule has 0 saturated heterocycles. The number of aliphatic hydroxyl groups is 1. The summed E-state index contributed by atoms with van der Waals surface area (Å²) >= 11 is 0. The van der Waals surface area contributed by atoms with Crippen LogP contribution in [-0.4, -0.2) is 94.8 Å². The molecule has 0 saturated carbocycles. The predicted molar refractivity (Wildman–Crippen MR) is 265 cm³/mol. The number of benzene rings is 4. The fourth-order valence-electron chi connectivity index (χ4n) is 7.79. The number of hydrogen-bond acceptors (Lipinski definition) is 10. The topological polar surface area (TPSA) is 177 Å². The van der Waals surface area contributed by atoms with Crippen molar-refractivity contribution in [1.29, 1.82) is 0 Å². The summed E-state index contributed by atoms with van der Waals surface area (Å²) < 4.78 is 15.8. The van der Waals surface area contributed by atoms with Crippen LogP contribution in [-0.2, 0) is 72.3 Å². The minimum Gasteiger partial charge on any atom is -0.497 e. The lowest BCUT2D eigenvalue weighted by Crippen LogP contribution is -2.53. The number of ether oxygens (including phenoxy) is 3. The maximum Gasteiger partial charge on any atom is 0.329 e. The molecule has 0 aromatic heterocycles. The molecule has 2 amide bonds. The number of methoxy groups -OCH3 is 2. The first-order valence-corrected chi connectivity index (χ1v) is 24.0. The maximum absolute atomic E-state index is 13.2. The average Bonchev–Trinajstić information content (AvgIpc) is 3.37. The van der Waals surface area contributed by atoms with Crippen molar-refractivity contribution in [1.82, 2.24) is 9.80 Å². The van der Waals surface area contributed by atoms with Gasteiger partial charge in [0, 0.05) is 43.4 Å². The molecule has 2 atom stereocenters. The van der Waals surface area contributed by atoms with E-state index in [-0.39, 0.29) is 32.7 Å². The van der Waals surface area contributed by atoms with Crippen LogP contribution in [0.15, 0.2) is 97.1 Å². The van der Waals surface area contributed by atoms with E-state index in [2.05, 4.69) is 12.1 Å². The molecule has 372 valence electrons. The Hall–Kier alpha value is -6.34. The Kier molecular flexibility index (Phi) is 21.2. The lowest BCUT2D eigenvalue weighted by molar-refractivity contribution is -0.160. The van der Waals surface area contributed by atoms with Gasteiger partial charge in [-0.1, -0.05) is 114 Å². The standard InChI is InChI=1S/C28H35NO5.C17H21NO4.C11H16O2/c1-5-28(2,3)25(30)26(31)29-19-22-12-7-6-11-21(22)18-24(29)27(32)34-17-9-8-10-20-13-15-23(33-4)16-14-20;1-4-17(2,3)14(19)15(20)18-10-12-8-6-5-7-11(12)9-13(18)16(21)22;1-13-11-7-5-10(6-8-11)4-2-3-9-12/h6-7,11-16,24H,5,8-10,17-19H2,1-4H3;5-8,13H,4,9-10H2,1-3H3,(H,21,22);5-8,12H,2-4,9H2,1H3. The highest BCUT2D eigenvalue weighted by Gasteiger charge is 2.43. The molecule has 2 aliphatic heterocycles. The molecule has 6 rings (SSSR count). The number of aliphatic hydroxyl groups excluding tert-OH is 1. The molecule has 69 heavy (non-hydrogen) atoms. The fraction of sp³-hybridized carbons (Fsp3) is 0.464. The Morgan fingerprint density at radius 3 is 1.35 bits per heavy atom. The smallest absolute Gasteiger partial charge is 0.329 e. The molecule has 2 aliphatic rings. The van der Waals surface area contributed by atoms with Crippen LogP contribution in [0.1, 0.15) is 113 Å². The molecule has 4 aromatic rings. The van der Waals surface area contributed by atoms with E-state index in [9.17, 15) is 33.9 Å². The van der Waals surface area contributed by atoms with Gasteiger partial charge >= 0.3 is 11.9 Å². The number of carbonyl (C=O) groups excluding carboxylic acids is 5. The number of carboxylic acids is 1. The number of aliphatic carboxylic acids is 1. The Bertz CT molecular complexity index is 2340. The third-order valence-corrected chi connectivity index (χ3v) is 13.3. The van der Waals surface area contributed by atoms with Crippen LogP contribution < -0.4 is 9.47 Å². The van der Waals surface area contributed by atoms with Crippen LogP contribution in [0.2, 0.25) is 0 Å². The highest BCUT2D eigenvalue weighted by molar-refractivity contribution is 6.38.